The Morgan fingerprint density at radius 2 is 1.74 bits per heavy atom. The van der Waals surface area contributed by atoms with Crippen molar-refractivity contribution in [2.75, 3.05) is 13.1 Å². The van der Waals surface area contributed by atoms with E-state index in [4.69, 9.17) is 16.1 Å². The summed E-state index contributed by atoms with van der Waals surface area (Å²) in [6.07, 6.45) is 2.55. The Balaban J connectivity index is 1.37. The van der Waals surface area contributed by atoms with Crippen molar-refractivity contribution in [2.45, 2.75) is 38.8 Å². The van der Waals surface area contributed by atoms with Gasteiger partial charge in [-0.3, -0.25) is 9.59 Å². The molecule has 1 fully saturated rings. The molecule has 5 rings (SSSR count). The van der Waals surface area contributed by atoms with Crippen molar-refractivity contribution < 1.29 is 14.1 Å². The SMILES string of the molecule is Cc1ccc(C(=O)N(CC(=O)N2CCCCC2c2nc(-c3ccc(Cl)cc3)no2)Cc2ccccc2)cc1. The summed E-state index contributed by atoms with van der Waals surface area (Å²) >= 11 is 6.00. The lowest BCUT2D eigenvalue weighted by molar-refractivity contribution is -0.136. The maximum Gasteiger partial charge on any atom is 0.254 e. The minimum atomic E-state index is -0.335. The number of hydrogen-bond donors (Lipinski definition) is 0. The minimum Gasteiger partial charge on any atom is -0.337 e. The Morgan fingerprint density at radius 3 is 2.47 bits per heavy atom. The monoisotopic (exact) mass is 528 g/mol. The van der Waals surface area contributed by atoms with Crippen LogP contribution in [-0.2, 0) is 11.3 Å². The van der Waals surface area contributed by atoms with Crippen LogP contribution in [0.1, 0.15) is 52.7 Å². The number of carbonyl (C=O) groups is 2. The highest BCUT2D eigenvalue weighted by Gasteiger charge is 2.33. The average molecular weight is 529 g/mol. The first-order chi connectivity index (χ1) is 18.5. The molecule has 0 N–H and O–H groups in total. The first-order valence-corrected chi connectivity index (χ1v) is 13.1. The minimum absolute atomic E-state index is 0.0454. The van der Waals surface area contributed by atoms with Gasteiger partial charge in [0.05, 0.1) is 0 Å². The first-order valence-electron chi connectivity index (χ1n) is 12.8. The molecule has 1 atom stereocenters. The normalized spacial score (nSPS) is 15.3. The van der Waals surface area contributed by atoms with Crippen molar-refractivity contribution in [2.24, 2.45) is 0 Å². The van der Waals surface area contributed by atoms with Crippen LogP contribution in [0.25, 0.3) is 11.4 Å². The van der Waals surface area contributed by atoms with Crippen molar-refractivity contribution in [3.63, 3.8) is 0 Å². The lowest BCUT2D eigenvalue weighted by atomic mass is 10.0. The van der Waals surface area contributed by atoms with Crippen LogP contribution in [0.2, 0.25) is 5.02 Å². The van der Waals surface area contributed by atoms with Crippen molar-refractivity contribution in [3.05, 3.63) is 106 Å². The van der Waals surface area contributed by atoms with Crippen LogP contribution in [0.15, 0.2) is 83.4 Å². The molecule has 1 aliphatic rings. The van der Waals surface area contributed by atoms with Gasteiger partial charge in [-0.1, -0.05) is 64.8 Å². The highest BCUT2D eigenvalue weighted by molar-refractivity contribution is 6.30. The van der Waals surface area contributed by atoms with Gasteiger partial charge < -0.3 is 14.3 Å². The third-order valence-electron chi connectivity index (χ3n) is 6.78. The van der Waals surface area contributed by atoms with Gasteiger partial charge in [-0.25, -0.2) is 0 Å². The number of aryl methyl sites for hydroxylation is 1. The summed E-state index contributed by atoms with van der Waals surface area (Å²) in [6.45, 7) is 2.83. The largest absolute Gasteiger partial charge is 0.337 e. The number of likely N-dealkylation sites (tertiary alicyclic amines) is 1. The Hall–Kier alpha value is -3.97. The molecule has 1 aliphatic heterocycles. The molecular formula is C30H29ClN4O3. The van der Waals surface area contributed by atoms with Crippen LogP contribution in [0.5, 0.6) is 0 Å². The lowest BCUT2D eigenvalue weighted by Gasteiger charge is -2.35. The van der Waals surface area contributed by atoms with Crippen LogP contribution in [0, 0.1) is 6.92 Å². The maximum atomic E-state index is 13.7. The molecule has 1 unspecified atom stereocenters. The molecule has 2 heterocycles. The second-order valence-electron chi connectivity index (χ2n) is 9.57. The fourth-order valence-electron chi connectivity index (χ4n) is 4.71. The zero-order valence-electron chi connectivity index (χ0n) is 21.2. The smallest absolute Gasteiger partial charge is 0.254 e. The van der Waals surface area contributed by atoms with Crippen LogP contribution in [-0.4, -0.2) is 44.8 Å². The summed E-state index contributed by atoms with van der Waals surface area (Å²) < 4.78 is 5.63. The Kier molecular flexibility index (Phi) is 7.84. The molecular weight excluding hydrogens is 500 g/mol. The summed E-state index contributed by atoms with van der Waals surface area (Å²) in [4.78, 5) is 35.2. The van der Waals surface area contributed by atoms with Crippen LogP contribution >= 0.6 is 11.6 Å². The van der Waals surface area contributed by atoms with Crippen molar-refractivity contribution >= 4 is 23.4 Å². The summed E-state index contributed by atoms with van der Waals surface area (Å²) in [5, 5.41) is 4.77. The van der Waals surface area contributed by atoms with Gasteiger partial charge in [-0.15, -0.1) is 0 Å². The Morgan fingerprint density at radius 1 is 1.00 bits per heavy atom. The number of piperidine rings is 1. The second-order valence-corrected chi connectivity index (χ2v) is 10.0. The molecule has 1 aromatic heterocycles. The standard InChI is InChI=1S/C30H29ClN4O3/c1-21-10-12-24(13-11-21)30(37)34(19-22-7-3-2-4-8-22)20-27(36)35-18-6-5-9-26(35)29-32-28(33-38-29)23-14-16-25(31)17-15-23/h2-4,7-8,10-17,26H,5-6,9,18-20H2,1H3. The van der Waals surface area contributed by atoms with E-state index in [1.165, 1.54) is 0 Å². The third kappa shape index (κ3) is 5.94. The number of hydrogen-bond acceptors (Lipinski definition) is 5. The number of aromatic nitrogens is 2. The number of halogens is 1. The molecule has 4 aromatic rings. The predicted octanol–water partition coefficient (Wildman–Crippen LogP) is 6.09. The molecule has 0 spiro atoms. The van der Waals surface area contributed by atoms with E-state index in [0.717, 1.165) is 36.0 Å². The predicted molar refractivity (Wildman–Crippen MR) is 145 cm³/mol. The Bertz CT molecular complexity index is 1390. The summed E-state index contributed by atoms with van der Waals surface area (Å²) in [7, 11) is 0. The van der Waals surface area contributed by atoms with Crippen molar-refractivity contribution in [1.29, 1.82) is 0 Å². The van der Waals surface area contributed by atoms with Crippen molar-refractivity contribution in [1.82, 2.24) is 19.9 Å². The number of carbonyl (C=O) groups excluding carboxylic acids is 2. The van der Waals surface area contributed by atoms with E-state index in [2.05, 4.69) is 10.1 Å². The molecule has 0 aliphatic carbocycles. The van der Waals surface area contributed by atoms with Crippen LogP contribution < -0.4 is 0 Å². The highest BCUT2D eigenvalue weighted by Crippen LogP contribution is 2.31. The zero-order chi connectivity index (χ0) is 26.5. The van der Waals surface area contributed by atoms with E-state index in [-0.39, 0.29) is 24.4 Å². The maximum absolute atomic E-state index is 13.7. The van der Waals surface area contributed by atoms with Crippen LogP contribution in [0.4, 0.5) is 0 Å². The number of nitrogens with zero attached hydrogens (tertiary/aromatic N) is 4. The van der Waals surface area contributed by atoms with E-state index in [1.54, 1.807) is 34.1 Å². The zero-order valence-corrected chi connectivity index (χ0v) is 22.0. The van der Waals surface area contributed by atoms with E-state index in [9.17, 15) is 9.59 Å². The van der Waals surface area contributed by atoms with Gasteiger partial charge in [0.25, 0.3) is 5.91 Å². The summed E-state index contributed by atoms with van der Waals surface area (Å²) in [5.41, 5.74) is 3.37. The van der Waals surface area contributed by atoms with Gasteiger partial charge in [0.15, 0.2) is 0 Å². The highest BCUT2D eigenvalue weighted by atomic mass is 35.5. The fourth-order valence-corrected chi connectivity index (χ4v) is 4.84. The molecule has 1 saturated heterocycles. The summed E-state index contributed by atoms with van der Waals surface area (Å²) in [5.74, 6) is 0.535. The fraction of sp³-hybridized carbons (Fsp3) is 0.267. The quantitative estimate of drug-likeness (QED) is 0.290. The molecule has 194 valence electrons. The third-order valence-corrected chi connectivity index (χ3v) is 7.03. The molecule has 0 radical (unpaired) electrons. The number of benzene rings is 3. The van der Waals surface area contributed by atoms with E-state index >= 15 is 0 Å². The van der Waals surface area contributed by atoms with E-state index in [0.29, 0.717) is 35.4 Å². The average Bonchev–Trinajstić information content (AvgIpc) is 3.44. The first kappa shape index (κ1) is 25.7. The van der Waals surface area contributed by atoms with Gasteiger partial charge in [0.1, 0.15) is 12.6 Å². The molecule has 2 amide bonds. The van der Waals surface area contributed by atoms with Gasteiger partial charge in [-0.05, 0) is 68.1 Å². The van der Waals surface area contributed by atoms with Gasteiger partial charge >= 0.3 is 0 Å². The van der Waals surface area contributed by atoms with Gasteiger partial charge in [0, 0.05) is 29.2 Å². The topological polar surface area (TPSA) is 79.5 Å². The molecule has 8 heteroatoms. The van der Waals surface area contributed by atoms with Gasteiger partial charge in [-0.2, -0.15) is 4.98 Å². The van der Waals surface area contributed by atoms with Gasteiger partial charge in [0.2, 0.25) is 17.6 Å². The molecule has 38 heavy (non-hydrogen) atoms. The Labute approximate surface area is 227 Å². The van der Waals surface area contributed by atoms with E-state index in [1.807, 2.05) is 61.5 Å². The number of amides is 2. The summed E-state index contributed by atoms with van der Waals surface area (Å²) in [6, 6.07) is 24.0. The molecule has 0 saturated carbocycles. The van der Waals surface area contributed by atoms with E-state index < -0.39 is 0 Å². The number of rotatable bonds is 7. The molecule has 7 nitrogen and oxygen atoms in total. The molecule has 0 bridgehead atoms. The lowest BCUT2D eigenvalue weighted by Crippen LogP contribution is -2.45. The second kappa shape index (κ2) is 11.6. The van der Waals surface area contributed by atoms with Crippen molar-refractivity contribution in [3.8, 4) is 11.4 Å². The van der Waals surface area contributed by atoms with Crippen LogP contribution in [0.3, 0.4) is 0 Å². The molecule has 3 aromatic carbocycles.